The SMILES string of the molecule is CN1CCN(C(=O)C2(C(=O)Nc3ccccc3Br)CC2)CC1. The van der Waals surface area contributed by atoms with Gasteiger partial charge in [-0.1, -0.05) is 12.1 Å². The van der Waals surface area contributed by atoms with Gasteiger partial charge in [0.05, 0.1) is 5.69 Å². The summed E-state index contributed by atoms with van der Waals surface area (Å²) in [6.07, 6.45) is 1.29. The average molecular weight is 366 g/mol. The molecule has 0 atom stereocenters. The summed E-state index contributed by atoms with van der Waals surface area (Å²) in [6.45, 7) is 3.15. The van der Waals surface area contributed by atoms with Crippen LogP contribution in [0.25, 0.3) is 0 Å². The van der Waals surface area contributed by atoms with Crippen LogP contribution in [0, 0.1) is 5.41 Å². The second kappa shape index (κ2) is 6.01. The fourth-order valence-corrected chi connectivity index (χ4v) is 3.16. The maximum Gasteiger partial charge on any atom is 0.240 e. The zero-order valence-corrected chi connectivity index (χ0v) is 14.2. The first kappa shape index (κ1) is 15.5. The number of rotatable bonds is 3. The predicted octanol–water partition coefficient (Wildman–Crippen LogP) is 1.94. The van der Waals surface area contributed by atoms with Crippen LogP contribution in [0.2, 0.25) is 0 Å². The molecule has 2 amide bonds. The Bertz CT molecular complexity index is 593. The number of benzene rings is 1. The molecule has 6 heteroatoms. The lowest BCUT2D eigenvalue weighted by molar-refractivity contribution is -0.143. The maximum atomic E-state index is 12.7. The van der Waals surface area contributed by atoms with Gasteiger partial charge in [-0.25, -0.2) is 0 Å². The Morgan fingerprint density at radius 3 is 2.36 bits per heavy atom. The lowest BCUT2D eigenvalue weighted by Gasteiger charge is -2.34. The first-order valence-electron chi connectivity index (χ1n) is 7.57. The maximum absolute atomic E-state index is 12.7. The van der Waals surface area contributed by atoms with Crippen LogP contribution in [0.5, 0.6) is 0 Å². The van der Waals surface area contributed by atoms with E-state index in [9.17, 15) is 9.59 Å². The van der Waals surface area contributed by atoms with Gasteiger partial charge < -0.3 is 15.1 Å². The van der Waals surface area contributed by atoms with Crippen LogP contribution in [0.1, 0.15) is 12.8 Å². The third-order valence-corrected chi connectivity index (χ3v) is 5.20. The molecule has 2 aliphatic rings. The molecule has 1 aliphatic carbocycles. The van der Waals surface area contributed by atoms with E-state index in [1.807, 2.05) is 36.2 Å². The van der Waals surface area contributed by atoms with E-state index in [2.05, 4.69) is 26.1 Å². The van der Waals surface area contributed by atoms with Gasteiger partial charge in [0.2, 0.25) is 11.8 Å². The fourth-order valence-electron chi connectivity index (χ4n) is 2.78. The highest BCUT2D eigenvalue weighted by Crippen LogP contribution is 2.48. The Balaban J connectivity index is 1.69. The van der Waals surface area contributed by atoms with Crippen molar-refractivity contribution >= 4 is 33.4 Å². The van der Waals surface area contributed by atoms with Gasteiger partial charge in [-0.15, -0.1) is 0 Å². The number of carbonyl (C=O) groups excluding carboxylic acids is 2. The highest BCUT2D eigenvalue weighted by atomic mass is 79.9. The number of nitrogens with zero attached hydrogens (tertiary/aromatic N) is 2. The van der Waals surface area contributed by atoms with E-state index < -0.39 is 5.41 Å². The van der Waals surface area contributed by atoms with Gasteiger partial charge in [0.1, 0.15) is 5.41 Å². The summed E-state index contributed by atoms with van der Waals surface area (Å²) in [6, 6.07) is 7.46. The second-order valence-corrected chi connectivity index (χ2v) is 6.97. The van der Waals surface area contributed by atoms with Gasteiger partial charge in [-0.2, -0.15) is 0 Å². The normalized spacial score (nSPS) is 20.5. The van der Waals surface area contributed by atoms with E-state index in [1.54, 1.807) is 0 Å². The molecular formula is C16H20BrN3O2. The molecule has 1 aromatic rings. The van der Waals surface area contributed by atoms with Crippen molar-refractivity contribution in [2.45, 2.75) is 12.8 Å². The number of nitrogens with one attached hydrogen (secondary N) is 1. The summed E-state index contributed by atoms with van der Waals surface area (Å²) in [5.74, 6) is -0.187. The van der Waals surface area contributed by atoms with Crippen molar-refractivity contribution in [3.05, 3.63) is 28.7 Å². The number of para-hydroxylation sites is 1. The number of hydrogen-bond donors (Lipinski definition) is 1. The van der Waals surface area contributed by atoms with Gasteiger partial charge >= 0.3 is 0 Å². The van der Waals surface area contributed by atoms with E-state index in [0.717, 1.165) is 17.6 Å². The summed E-state index contributed by atoms with van der Waals surface area (Å²) in [5.41, 5.74) is -0.129. The van der Waals surface area contributed by atoms with E-state index >= 15 is 0 Å². The summed E-state index contributed by atoms with van der Waals surface area (Å²) in [5, 5.41) is 2.90. The zero-order valence-electron chi connectivity index (χ0n) is 12.6. The Morgan fingerprint density at radius 1 is 1.14 bits per heavy atom. The van der Waals surface area contributed by atoms with Gasteiger partial charge in [0, 0.05) is 30.7 Å². The highest BCUT2D eigenvalue weighted by Gasteiger charge is 2.58. The molecule has 5 nitrogen and oxygen atoms in total. The Hall–Kier alpha value is -1.40. The average Bonchev–Trinajstić information content (AvgIpc) is 3.31. The van der Waals surface area contributed by atoms with Crippen LogP contribution in [0.15, 0.2) is 28.7 Å². The van der Waals surface area contributed by atoms with Crippen LogP contribution < -0.4 is 5.32 Å². The molecule has 3 rings (SSSR count). The van der Waals surface area contributed by atoms with Crippen LogP contribution in [0.3, 0.4) is 0 Å². The molecule has 1 N–H and O–H groups in total. The summed E-state index contributed by atoms with van der Waals surface area (Å²) in [4.78, 5) is 29.4. The first-order valence-corrected chi connectivity index (χ1v) is 8.36. The standard InChI is InChI=1S/C16H20BrN3O2/c1-19-8-10-20(11-9-19)15(22)16(6-7-16)14(21)18-13-5-3-2-4-12(13)17/h2-5H,6-11H2,1H3,(H,18,21). The smallest absolute Gasteiger partial charge is 0.240 e. The molecule has 1 saturated carbocycles. The highest BCUT2D eigenvalue weighted by molar-refractivity contribution is 9.10. The molecule has 0 unspecified atom stereocenters. The molecule has 0 spiro atoms. The van der Waals surface area contributed by atoms with Crippen molar-refractivity contribution in [2.75, 3.05) is 38.5 Å². The Morgan fingerprint density at radius 2 is 1.77 bits per heavy atom. The van der Waals surface area contributed by atoms with Crippen LogP contribution in [0.4, 0.5) is 5.69 Å². The number of piperazine rings is 1. The molecule has 118 valence electrons. The van der Waals surface area contributed by atoms with Gasteiger partial charge in [-0.3, -0.25) is 9.59 Å². The van der Waals surface area contributed by atoms with Crippen LogP contribution >= 0.6 is 15.9 Å². The first-order chi connectivity index (χ1) is 10.5. The molecule has 0 radical (unpaired) electrons. The molecule has 1 heterocycles. The number of amides is 2. The van der Waals surface area contributed by atoms with E-state index in [4.69, 9.17) is 0 Å². The molecule has 0 aromatic heterocycles. The van der Waals surface area contributed by atoms with Gasteiger partial charge in [-0.05, 0) is 48.0 Å². The van der Waals surface area contributed by atoms with Gasteiger partial charge in [0.15, 0.2) is 0 Å². The fraction of sp³-hybridized carbons (Fsp3) is 0.500. The quantitative estimate of drug-likeness (QED) is 0.832. The van der Waals surface area contributed by atoms with Crippen molar-refractivity contribution in [3.8, 4) is 0 Å². The molecule has 22 heavy (non-hydrogen) atoms. The van der Waals surface area contributed by atoms with E-state index in [0.29, 0.717) is 31.6 Å². The van der Waals surface area contributed by atoms with Crippen LogP contribution in [-0.2, 0) is 9.59 Å². The summed E-state index contributed by atoms with van der Waals surface area (Å²) >= 11 is 3.42. The number of carbonyl (C=O) groups is 2. The topological polar surface area (TPSA) is 52.7 Å². The minimum atomic E-state index is -0.842. The van der Waals surface area contributed by atoms with Crippen molar-refractivity contribution in [1.82, 2.24) is 9.80 Å². The third kappa shape index (κ3) is 2.90. The number of likely N-dealkylation sites (N-methyl/N-ethyl adjacent to an activating group) is 1. The lowest BCUT2D eigenvalue weighted by atomic mass is 10.0. The van der Waals surface area contributed by atoms with Gasteiger partial charge in [0.25, 0.3) is 0 Å². The number of hydrogen-bond acceptors (Lipinski definition) is 3. The van der Waals surface area contributed by atoms with Crippen molar-refractivity contribution in [1.29, 1.82) is 0 Å². The summed E-state index contributed by atoms with van der Waals surface area (Å²) < 4.78 is 0.825. The van der Waals surface area contributed by atoms with E-state index in [-0.39, 0.29) is 11.8 Å². The minimum Gasteiger partial charge on any atom is -0.339 e. The zero-order chi connectivity index (χ0) is 15.7. The van der Waals surface area contributed by atoms with Crippen LogP contribution in [-0.4, -0.2) is 54.8 Å². The lowest BCUT2D eigenvalue weighted by Crippen LogP contribution is -2.51. The monoisotopic (exact) mass is 365 g/mol. The van der Waals surface area contributed by atoms with Crippen molar-refractivity contribution < 1.29 is 9.59 Å². The second-order valence-electron chi connectivity index (χ2n) is 6.11. The Labute approximate surface area is 138 Å². The molecule has 0 bridgehead atoms. The molecule has 1 saturated heterocycles. The third-order valence-electron chi connectivity index (χ3n) is 4.51. The van der Waals surface area contributed by atoms with Crippen molar-refractivity contribution in [2.24, 2.45) is 5.41 Å². The molecule has 1 aliphatic heterocycles. The summed E-state index contributed by atoms with van der Waals surface area (Å²) in [7, 11) is 2.05. The predicted molar refractivity (Wildman–Crippen MR) is 88.5 cm³/mol. The Kier molecular flexibility index (Phi) is 4.23. The number of halogens is 1. The largest absolute Gasteiger partial charge is 0.339 e. The van der Waals surface area contributed by atoms with E-state index in [1.165, 1.54) is 0 Å². The number of anilines is 1. The minimum absolute atomic E-state index is 0.00912. The molecule has 2 fully saturated rings. The van der Waals surface area contributed by atoms with Crippen molar-refractivity contribution in [3.63, 3.8) is 0 Å². The molecule has 1 aromatic carbocycles. The molecular weight excluding hydrogens is 346 g/mol.